The van der Waals surface area contributed by atoms with Crippen LogP contribution in [0.25, 0.3) is 0 Å². The van der Waals surface area contributed by atoms with Gasteiger partial charge < -0.3 is 10.6 Å². The molecule has 0 saturated heterocycles. The molecule has 0 amide bonds. The Labute approximate surface area is 106 Å². The van der Waals surface area contributed by atoms with Crippen molar-refractivity contribution in [2.24, 2.45) is 11.7 Å². The second-order valence-corrected chi connectivity index (χ2v) is 5.15. The number of nitrogens with two attached hydrogens (primary N) is 1. The Morgan fingerprint density at radius 1 is 1.18 bits per heavy atom. The minimum Gasteiger partial charge on any atom is -0.370 e. The summed E-state index contributed by atoms with van der Waals surface area (Å²) in [5.74, 6) is 0.616. The fraction of sp³-hybridized carbons (Fsp3) is 0.600. The topological polar surface area (TPSA) is 29.3 Å². The second kappa shape index (κ2) is 6.06. The highest BCUT2D eigenvalue weighted by Crippen LogP contribution is 2.23. The molecule has 0 aliphatic rings. The van der Waals surface area contributed by atoms with Gasteiger partial charge in [0.25, 0.3) is 0 Å². The molecule has 2 heteroatoms. The van der Waals surface area contributed by atoms with Crippen molar-refractivity contribution in [2.75, 3.05) is 18.5 Å². The highest BCUT2D eigenvalue weighted by atomic mass is 15.1. The predicted octanol–water partition coefficient (Wildman–Crippen LogP) is 3.11. The van der Waals surface area contributed by atoms with Crippen LogP contribution in [0, 0.1) is 19.8 Å². The van der Waals surface area contributed by atoms with E-state index >= 15 is 0 Å². The Morgan fingerprint density at radius 2 is 1.71 bits per heavy atom. The summed E-state index contributed by atoms with van der Waals surface area (Å²) >= 11 is 0. The van der Waals surface area contributed by atoms with Crippen molar-refractivity contribution in [2.45, 2.75) is 40.2 Å². The van der Waals surface area contributed by atoms with Crippen LogP contribution < -0.4 is 10.6 Å². The maximum atomic E-state index is 5.92. The average Bonchev–Trinajstić information content (AvgIpc) is 2.28. The number of anilines is 1. The van der Waals surface area contributed by atoms with E-state index in [-0.39, 0.29) is 0 Å². The maximum Gasteiger partial charge on any atom is 0.0434 e. The number of aryl methyl sites for hydroxylation is 2. The van der Waals surface area contributed by atoms with Crippen molar-refractivity contribution in [1.82, 2.24) is 0 Å². The lowest BCUT2D eigenvalue weighted by Gasteiger charge is -2.33. The molecule has 96 valence electrons. The standard InChI is InChI=1S/C15H26N2/c1-6-13(4)15(10-16)17(5)14-8-11(2)7-12(3)9-14/h7-9,13,15H,6,10,16H2,1-5H3. The molecule has 2 atom stereocenters. The first kappa shape index (κ1) is 14.0. The highest BCUT2D eigenvalue weighted by Gasteiger charge is 2.19. The van der Waals surface area contributed by atoms with E-state index in [0.717, 1.165) is 6.42 Å². The summed E-state index contributed by atoms with van der Waals surface area (Å²) in [6.45, 7) is 9.49. The lowest BCUT2D eigenvalue weighted by atomic mass is 9.97. The van der Waals surface area contributed by atoms with Gasteiger partial charge in [0.1, 0.15) is 0 Å². The first-order chi connectivity index (χ1) is 7.99. The summed E-state index contributed by atoms with van der Waals surface area (Å²) in [4.78, 5) is 2.33. The van der Waals surface area contributed by atoms with E-state index in [4.69, 9.17) is 5.73 Å². The van der Waals surface area contributed by atoms with Crippen LogP contribution in [-0.4, -0.2) is 19.6 Å². The monoisotopic (exact) mass is 234 g/mol. The van der Waals surface area contributed by atoms with Gasteiger partial charge in [0.05, 0.1) is 0 Å². The summed E-state index contributed by atoms with van der Waals surface area (Å²) in [7, 11) is 2.15. The van der Waals surface area contributed by atoms with E-state index in [1.54, 1.807) is 0 Å². The molecule has 1 aromatic rings. The first-order valence-electron chi connectivity index (χ1n) is 6.50. The fourth-order valence-corrected chi connectivity index (χ4v) is 2.39. The molecule has 0 aliphatic heterocycles. The van der Waals surface area contributed by atoms with Crippen LogP contribution in [-0.2, 0) is 0 Å². The minimum absolute atomic E-state index is 0.418. The molecular formula is C15H26N2. The maximum absolute atomic E-state index is 5.92. The quantitative estimate of drug-likeness (QED) is 0.848. The zero-order chi connectivity index (χ0) is 13.0. The van der Waals surface area contributed by atoms with Crippen LogP contribution in [0.4, 0.5) is 5.69 Å². The normalized spacial score (nSPS) is 14.5. The molecule has 2 nitrogen and oxygen atoms in total. The molecule has 2 unspecified atom stereocenters. The third kappa shape index (κ3) is 3.47. The van der Waals surface area contributed by atoms with Gasteiger partial charge in [-0.2, -0.15) is 0 Å². The van der Waals surface area contributed by atoms with Crippen molar-refractivity contribution in [3.8, 4) is 0 Å². The van der Waals surface area contributed by atoms with Crippen molar-refractivity contribution in [3.05, 3.63) is 29.3 Å². The van der Waals surface area contributed by atoms with Crippen molar-refractivity contribution < 1.29 is 0 Å². The zero-order valence-electron chi connectivity index (χ0n) is 11.8. The third-order valence-corrected chi connectivity index (χ3v) is 3.65. The average molecular weight is 234 g/mol. The number of benzene rings is 1. The molecule has 0 saturated carbocycles. The number of hydrogen-bond donors (Lipinski definition) is 1. The van der Waals surface area contributed by atoms with Gasteiger partial charge in [-0.3, -0.25) is 0 Å². The Balaban J connectivity index is 2.96. The molecule has 0 radical (unpaired) electrons. The molecule has 0 bridgehead atoms. The van der Waals surface area contributed by atoms with Crippen molar-refractivity contribution in [1.29, 1.82) is 0 Å². The van der Waals surface area contributed by atoms with Crippen LogP contribution in [0.3, 0.4) is 0 Å². The van der Waals surface area contributed by atoms with Gasteiger partial charge in [0.15, 0.2) is 0 Å². The third-order valence-electron chi connectivity index (χ3n) is 3.65. The number of nitrogens with zero attached hydrogens (tertiary/aromatic N) is 1. The van der Waals surface area contributed by atoms with Crippen LogP contribution in [0.2, 0.25) is 0 Å². The molecule has 0 aromatic heterocycles. The lowest BCUT2D eigenvalue weighted by Crippen LogP contribution is -2.42. The Morgan fingerprint density at radius 3 is 2.12 bits per heavy atom. The van der Waals surface area contributed by atoms with E-state index in [9.17, 15) is 0 Å². The van der Waals surface area contributed by atoms with Gasteiger partial charge in [-0.25, -0.2) is 0 Å². The van der Waals surface area contributed by atoms with E-state index in [1.807, 2.05) is 0 Å². The highest BCUT2D eigenvalue weighted by molar-refractivity contribution is 5.51. The smallest absolute Gasteiger partial charge is 0.0434 e. The fourth-order valence-electron chi connectivity index (χ4n) is 2.39. The van der Waals surface area contributed by atoms with E-state index in [2.05, 4.69) is 57.8 Å². The van der Waals surface area contributed by atoms with Gasteiger partial charge in [0.2, 0.25) is 0 Å². The molecule has 0 spiro atoms. The Bertz CT molecular complexity index is 340. The van der Waals surface area contributed by atoms with E-state index in [0.29, 0.717) is 18.5 Å². The van der Waals surface area contributed by atoms with Crippen LogP contribution in [0.15, 0.2) is 18.2 Å². The molecule has 2 N–H and O–H groups in total. The summed E-state index contributed by atoms with van der Waals surface area (Å²) < 4.78 is 0. The molecular weight excluding hydrogens is 208 g/mol. The largest absolute Gasteiger partial charge is 0.370 e. The Kier molecular flexibility index (Phi) is 5.01. The van der Waals surface area contributed by atoms with Crippen LogP contribution >= 0.6 is 0 Å². The molecule has 0 fully saturated rings. The predicted molar refractivity (Wildman–Crippen MR) is 76.6 cm³/mol. The molecule has 1 aromatic carbocycles. The van der Waals surface area contributed by atoms with Crippen molar-refractivity contribution in [3.63, 3.8) is 0 Å². The number of rotatable bonds is 5. The van der Waals surface area contributed by atoms with Gasteiger partial charge in [0, 0.05) is 25.3 Å². The van der Waals surface area contributed by atoms with Gasteiger partial charge in [-0.1, -0.05) is 26.3 Å². The SMILES string of the molecule is CCC(C)C(CN)N(C)c1cc(C)cc(C)c1. The van der Waals surface area contributed by atoms with E-state index < -0.39 is 0 Å². The van der Waals surface area contributed by atoms with Crippen LogP contribution in [0.5, 0.6) is 0 Å². The van der Waals surface area contributed by atoms with Gasteiger partial charge in [-0.05, 0) is 43.0 Å². The molecule has 0 heterocycles. The number of likely N-dealkylation sites (N-methyl/N-ethyl adjacent to an activating group) is 1. The summed E-state index contributed by atoms with van der Waals surface area (Å²) in [6.07, 6.45) is 1.16. The van der Waals surface area contributed by atoms with Crippen LogP contribution in [0.1, 0.15) is 31.4 Å². The number of hydrogen-bond acceptors (Lipinski definition) is 2. The molecule has 17 heavy (non-hydrogen) atoms. The summed E-state index contributed by atoms with van der Waals surface area (Å²) in [6, 6.07) is 7.09. The molecule has 0 aliphatic carbocycles. The molecule has 1 rings (SSSR count). The lowest BCUT2D eigenvalue weighted by molar-refractivity contribution is 0.433. The second-order valence-electron chi connectivity index (χ2n) is 5.15. The summed E-state index contributed by atoms with van der Waals surface area (Å²) in [5.41, 5.74) is 9.82. The van der Waals surface area contributed by atoms with Crippen molar-refractivity contribution >= 4 is 5.69 Å². The first-order valence-corrected chi connectivity index (χ1v) is 6.50. The summed E-state index contributed by atoms with van der Waals surface area (Å²) in [5, 5.41) is 0. The minimum atomic E-state index is 0.418. The zero-order valence-corrected chi connectivity index (χ0v) is 11.8. The van der Waals surface area contributed by atoms with E-state index in [1.165, 1.54) is 16.8 Å². The Hall–Kier alpha value is -1.02. The van der Waals surface area contributed by atoms with Gasteiger partial charge >= 0.3 is 0 Å². The van der Waals surface area contributed by atoms with Gasteiger partial charge in [-0.15, -0.1) is 0 Å².